The average Bonchev–Trinajstić information content (AvgIpc) is 2.34. The number of rotatable bonds is 3. The van der Waals surface area contributed by atoms with Crippen molar-refractivity contribution < 1.29 is 13.9 Å². The van der Waals surface area contributed by atoms with Crippen molar-refractivity contribution in [2.24, 2.45) is 0 Å². The van der Waals surface area contributed by atoms with Crippen molar-refractivity contribution in [2.75, 3.05) is 0 Å². The highest BCUT2D eigenvalue weighted by Gasteiger charge is 2.04. The van der Waals surface area contributed by atoms with Crippen LogP contribution in [0.1, 0.15) is 17.3 Å². The fraction of sp³-hybridized carbons (Fsp3) is 0.0769. The van der Waals surface area contributed by atoms with Gasteiger partial charge in [0.05, 0.1) is 4.47 Å². The van der Waals surface area contributed by atoms with Gasteiger partial charge in [-0.15, -0.1) is 0 Å². The SMILES string of the molecule is CC(=O)c1ccc(Oc2ccc(F)c(Br)c2)nc1. The van der Waals surface area contributed by atoms with Gasteiger partial charge in [-0.05, 0) is 47.1 Å². The van der Waals surface area contributed by atoms with Gasteiger partial charge in [0.25, 0.3) is 0 Å². The highest BCUT2D eigenvalue weighted by Crippen LogP contribution is 2.25. The number of aromatic nitrogens is 1. The molecule has 0 aliphatic rings. The van der Waals surface area contributed by atoms with Gasteiger partial charge in [0.2, 0.25) is 5.88 Å². The largest absolute Gasteiger partial charge is 0.439 e. The van der Waals surface area contributed by atoms with E-state index in [1.807, 2.05) is 0 Å². The van der Waals surface area contributed by atoms with Gasteiger partial charge in [0.1, 0.15) is 11.6 Å². The Balaban J connectivity index is 2.18. The van der Waals surface area contributed by atoms with E-state index >= 15 is 0 Å². The number of ether oxygens (including phenoxy) is 1. The first kappa shape index (κ1) is 12.7. The van der Waals surface area contributed by atoms with E-state index in [9.17, 15) is 9.18 Å². The number of halogens is 2. The lowest BCUT2D eigenvalue weighted by molar-refractivity contribution is 0.101. The number of hydrogen-bond acceptors (Lipinski definition) is 3. The van der Waals surface area contributed by atoms with Crippen LogP contribution in [0, 0.1) is 5.82 Å². The number of carbonyl (C=O) groups is 1. The minimum Gasteiger partial charge on any atom is -0.439 e. The zero-order chi connectivity index (χ0) is 13.1. The van der Waals surface area contributed by atoms with Crippen LogP contribution in [0.2, 0.25) is 0 Å². The molecule has 3 nitrogen and oxygen atoms in total. The van der Waals surface area contributed by atoms with E-state index in [1.54, 1.807) is 12.1 Å². The van der Waals surface area contributed by atoms with Gasteiger partial charge in [0.15, 0.2) is 5.78 Å². The zero-order valence-corrected chi connectivity index (χ0v) is 11.1. The van der Waals surface area contributed by atoms with Crippen LogP contribution in [0.25, 0.3) is 0 Å². The second-order valence-corrected chi connectivity index (χ2v) is 4.47. The Morgan fingerprint density at radius 1 is 1.33 bits per heavy atom. The Kier molecular flexibility index (Phi) is 3.72. The molecule has 0 fully saturated rings. The number of Topliss-reactive ketones (excluding diaryl/α,β-unsaturated/α-hetero) is 1. The lowest BCUT2D eigenvalue weighted by atomic mass is 10.2. The van der Waals surface area contributed by atoms with Crippen molar-refractivity contribution >= 4 is 21.7 Å². The monoisotopic (exact) mass is 309 g/mol. The number of nitrogens with zero attached hydrogens (tertiary/aromatic N) is 1. The van der Waals surface area contributed by atoms with Crippen LogP contribution in [0.15, 0.2) is 41.0 Å². The fourth-order valence-corrected chi connectivity index (χ4v) is 1.67. The normalized spacial score (nSPS) is 10.2. The summed E-state index contributed by atoms with van der Waals surface area (Å²) in [5.41, 5.74) is 0.516. The first-order valence-electron chi connectivity index (χ1n) is 5.16. The van der Waals surface area contributed by atoms with Gasteiger partial charge >= 0.3 is 0 Å². The molecule has 0 saturated heterocycles. The minimum absolute atomic E-state index is 0.0569. The number of pyridine rings is 1. The molecule has 92 valence electrons. The molecule has 0 aliphatic heterocycles. The van der Waals surface area contributed by atoms with Crippen molar-refractivity contribution in [3.05, 3.63) is 52.4 Å². The topological polar surface area (TPSA) is 39.2 Å². The smallest absolute Gasteiger partial charge is 0.219 e. The maximum absolute atomic E-state index is 13.0. The fourth-order valence-electron chi connectivity index (χ4n) is 1.31. The molecule has 0 unspecified atom stereocenters. The second kappa shape index (κ2) is 5.27. The Hall–Kier alpha value is -1.75. The summed E-state index contributed by atoms with van der Waals surface area (Å²) in [6.45, 7) is 1.47. The first-order chi connectivity index (χ1) is 8.56. The van der Waals surface area contributed by atoms with Gasteiger partial charge in [-0.25, -0.2) is 9.37 Å². The van der Waals surface area contributed by atoms with Gasteiger partial charge in [-0.3, -0.25) is 4.79 Å². The third kappa shape index (κ3) is 2.92. The molecule has 2 aromatic rings. The minimum atomic E-state index is -0.359. The molecule has 0 bridgehead atoms. The van der Waals surface area contributed by atoms with Crippen molar-refractivity contribution in [3.8, 4) is 11.6 Å². The third-order valence-electron chi connectivity index (χ3n) is 2.26. The summed E-state index contributed by atoms with van der Waals surface area (Å²) in [5, 5.41) is 0. The molecule has 0 amide bonds. The van der Waals surface area contributed by atoms with Crippen LogP contribution in [-0.4, -0.2) is 10.8 Å². The van der Waals surface area contributed by atoms with E-state index in [-0.39, 0.29) is 11.6 Å². The summed E-state index contributed by atoms with van der Waals surface area (Å²) in [7, 11) is 0. The summed E-state index contributed by atoms with van der Waals surface area (Å²) >= 11 is 3.07. The molecule has 2 rings (SSSR count). The second-order valence-electron chi connectivity index (χ2n) is 3.62. The van der Waals surface area contributed by atoms with Crippen molar-refractivity contribution in [1.82, 2.24) is 4.98 Å². The maximum Gasteiger partial charge on any atom is 0.219 e. The molecule has 0 radical (unpaired) electrons. The van der Waals surface area contributed by atoms with Crippen LogP contribution < -0.4 is 4.74 Å². The highest BCUT2D eigenvalue weighted by atomic mass is 79.9. The molecule has 1 aromatic carbocycles. The van der Waals surface area contributed by atoms with E-state index in [0.717, 1.165) is 0 Å². The lowest BCUT2D eigenvalue weighted by Gasteiger charge is -2.05. The van der Waals surface area contributed by atoms with E-state index in [4.69, 9.17) is 4.74 Å². The summed E-state index contributed by atoms with van der Waals surface area (Å²) < 4.78 is 18.8. The molecule has 0 N–H and O–H groups in total. The van der Waals surface area contributed by atoms with E-state index in [1.165, 1.54) is 31.3 Å². The van der Waals surface area contributed by atoms with Gasteiger partial charge in [-0.1, -0.05) is 0 Å². The van der Waals surface area contributed by atoms with Crippen molar-refractivity contribution in [2.45, 2.75) is 6.92 Å². The van der Waals surface area contributed by atoms with Crippen LogP contribution >= 0.6 is 15.9 Å². The molecule has 0 spiro atoms. The predicted octanol–water partition coefficient (Wildman–Crippen LogP) is 3.98. The Labute approximate surface area is 112 Å². The van der Waals surface area contributed by atoms with E-state index in [0.29, 0.717) is 21.7 Å². The van der Waals surface area contributed by atoms with Crippen LogP contribution in [-0.2, 0) is 0 Å². The number of benzene rings is 1. The zero-order valence-electron chi connectivity index (χ0n) is 9.48. The van der Waals surface area contributed by atoms with Crippen molar-refractivity contribution in [1.29, 1.82) is 0 Å². The molecule has 1 heterocycles. The maximum atomic E-state index is 13.0. The summed E-state index contributed by atoms with van der Waals surface area (Å²) in [5.74, 6) is 0.394. The summed E-state index contributed by atoms with van der Waals surface area (Å²) in [6, 6.07) is 7.52. The molecule has 0 atom stereocenters. The molecule has 1 aromatic heterocycles. The highest BCUT2D eigenvalue weighted by molar-refractivity contribution is 9.10. The molecule has 18 heavy (non-hydrogen) atoms. The summed E-state index contributed by atoms with van der Waals surface area (Å²) in [4.78, 5) is 15.1. The molecule has 5 heteroatoms. The molecular weight excluding hydrogens is 301 g/mol. The third-order valence-corrected chi connectivity index (χ3v) is 2.86. The first-order valence-corrected chi connectivity index (χ1v) is 5.95. The van der Waals surface area contributed by atoms with Crippen LogP contribution in [0.3, 0.4) is 0 Å². The average molecular weight is 310 g/mol. The Morgan fingerprint density at radius 2 is 2.11 bits per heavy atom. The molecule has 0 aliphatic carbocycles. The van der Waals surface area contributed by atoms with E-state index in [2.05, 4.69) is 20.9 Å². The van der Waals surface area contributed by atoms with E-state index < -0.39 is 0 Å². The van der Waals surface area contributed by atoms with Crippen LogP contribution in [0.4, 0.5) is 4.39 Å². The molecular formula is C13H9BrFNO2. The standard InChI is InChI=1S/C13H9BrFNO2/c1-8(17)9-2-5-13(16-7-9)18-10-3-4-12(15)11(14)6-10/h2-7H,1H3. The van der Waals surface area contributed by atoms with Crippen molar-refractivity contribution in [3.63, 3.8) is 0 Å². The van der Waals surface area contributed by atoms with Gasteiger partial charge < -0.3 is 4.74 Å². The number of ketones is 1. The predicted molar refractivity (Wildman–Crippen MR) is 68.4 cm³/mol. The number of hydrogen-bond donors (Lipinski definition) is 0. The van der Waals surface area contributed by atoms with Gasteiger partial charge in [0, 0.05) is 17.8 Å². The van der Waals surface area contributed by atoms with Crippen LogP contribution in [0.5, 0.6) is 11.6 Å². The lowest BCUT2D eigenvalue weighted by Crippen LogP contribution is -1.94. The Morgan fingerprint density at radius 3 is 2.67 bits per heavy atom. The molecule has 0 saturated carbocycles. The Bertz CT molecular complexity index is 584. The number of carbonyl (C=O) groups excluding carboxylic acids is 1. The quantitative estimate of drug-likeness (QED) is 0.805. The summed E-state index contributed by atoms with van der Waals surface area (Å²) in [6.07, 6.45) is 1.44. The van der Waals surface area contributed by atoms with Gasteiger partial charge in [-0.2, -0.15) is 0 Å².